The Morgan fingerprint density at radius 2 is 1.23 bits per heavy atom. The summed E-state index contributed by atoms with van der Waals surface area (Å²) >= 11 is -0.349. The largest absolute Gasteiger partial charge is 1.00 e. The van der Waals surface area contributed by atoms with E-state index in [0.717, 1.165) is 0 Å². The average molecular weight is 217 g/mol. The van der Waals surface area contributed by atoms with E-state index in [1.165, 1.54) is 0 Å². The fourth-order valence-electron chi connectivity index (χ4n) is 0.407. The van der Waals surface area contributed by atoms with Crippen LogP contribution < -0.4 is 29.6 Å². The second-order valence-electron chi connectivity index (χ2n) is 1.82. The maximum absolute atomic E-state index is 5.10. The Kier molecular flexibility index (Phi) is 29.0. The molecule has 7 heteroatoms. The third kappa shape index (κ3) is 19.7. The summed E-state index contributed by atoms with van der Waals surface area (Å²) in [4.78, 5) is 0. The Morgan fingerprint density at radius 3 is 1.54 bits per heavy atom. The molecule has 72 valence electrons. The maximum atomic E-state index is 5.10. The van der Waals surface area contributed by atoms with Gasteiger partial charge in [0.1, 0.15) is 0 Å². The summed E-state index contributed by atoms with van der Waals surface area (Å²) in [5, 5.41) is 0. The topological polar surface area (TPSA) is 66.9 Å². The molecule has 0 fully saturated rings. The minimum absolute atomic E-state index is 0. The molecule has 0 rings (SSSR count). The van der Waals surface area contributed by atoms with Crippen molar-refractivity contribution in [3.05, 3.63) is 0 Å². The molecule has 5 nitrogen and oxygen atoms in total. The van der Waals surface area contributed by atoms with Crippen LogP contribution in [0.5, 0.6) is 0 Å². The summed E-state index contributed by atoms with van der Waals surface area (Å²) in [7, 11) is 3.29. The average Bonchev–Trinajstić information content (AvgIpc) is 2.03. The zero-order valence-corrected chi connectivity index (χ0v) is 11.6. The van der Waals surface area contributed by atoms with Crippen LogP contribution in [-0.2, 0) is 17.1 Å². The van der Waals surface area contributed by atoms with Crippen LogP contribution in [0.3, 0.4) is 0 Å². The standard InChI is InChI=1S/2C3H7O2.Al.Na.H2O/c2*1-5-3-2-4;;;/h2*2-3H2,1H3;;;1H2/q2*-1;+3;+1;/p-1. The van der Waals surface area contributed by atoms with E-state index in [1.807, 2.05) is 0 Å². The number of rotatable bonds is 8. The molecule has 0 amide bonds. The van der Waals surface area contributed by atoms with E-state index >= 15 is 0 Å². The van der Waals surface area contributed by atoms with Crippen LogP contribution >= 0.6 is 0 Å². The molecule has 0 aromatic carbocycles. The number of ether oxygens (including phenoxy) is 2. The SMILES string of the molecule is COCC[O][Al+][O]CCOC.[Na+].[OH-]. The van der Waals surface area contributed by atoms with E-state index in [4.69, 9.17) is 17.1 Å². The molecule has 0 aliphatic carbocycles. The van der Waals surface area contributed by atoms with Crippen LogP contribution in [0.2, 0.25) is 0 Å². The second-order valence-corrected chi connectivity index (χ2v) is 2.68. The number of hydrogen-bond donors (Lipinski definition) is 0. The van der Waals surface area contributed by atoms with Crippen molar-refractivity contribution in [3.8, 4) is 0 Å². The summed E-state index contributed by atoms with van der Waals surface area (Å²) in [6, 6.07) is 0. The van der Waals surface area contributed by atoms with E-state index in [-0.39, 0.29) is 50.9 Å². The van der Waals surface area contributed by atoms with Crippen molar-refractivity contribution in [2.24, 2.45) is 0 Å². The van der Waals surface area contributed by atoms with Crippen LogP contribution in [0.25, 0.3) is 0 Å². The van der Waals surface area contributed by atoms with Crippen molar-refractivity contribution in [1.29, 1.82) is 0 Å². The van der Waals surface area contributed by atoms with E-state index in [2.05, 4.69) is 0 Å². The maximum Gasteiger partial charge on any atom is 1.00 e. The molecule has 0 radical (unpaired) electrons. The van der Waals surface area contributed by atoms with Crippen LogP contribution in [0.15, 0.2) is 0 Å². The monoisotopic (exact) mass is 217 g/mol. The number of hydrogen-bond acceptors (Lipinski definition) is 5. The van der Waals surface area contributed by atoms with Gasteiger partial charge in [-0.25, -0.2) is 0 Å². The molecule has 0 unspecified atom stereocenters. The smallest absolute Gasteiger partial charge is 0.870 e. The minimum Gasteiger partial charge on any atom is -0.870 e. The zero-order valence-electron chi connectivity index (χ0n) is 8.49. The van der Waals surface area contributed by atoms with Gasteiger partial charge in [0.05, 0.1) is 0 Å². The quantitative estimate of drug-likeness (QED) is 0.314. The first-order chi connectivity index (χ1) is 5.41. The predicted octanol–water partition coefficient (Wildman–Crippen LogP) is -3.33. The molecule has 0 atom stereocenters. The van der Waals surface area contributed by atoms with Gasteiger partial charge in [0.2, 0.25) is 0 Å². The van der Waals surface area contributed by atoms with Crippen molar-refractivity contribution < 1.29 is 52.1 Å². The van der Waals surface area contributed by atoms with Gasteiger partial charge >= 0.3 is 103 Å². The van der Waals surface area contributed by atoms with Crippen LogP contribution in [0.1, 0.15) is 0 Å². The number of methoxy groups -OCH3 is 2. The van der Waals surface area contributed by atoms with Gasteiger partial charge in [-0.15, -0.1) is 0 Å². The molecular formula is C6H15AlNaO5+. The van der Waals surface area contributed by atoms with Crippen molar-refractivity contribution in [2.45, 2.75) is 0 Å². The van der Waals surface area contributed by atoms with Gasteiger partial charge in [-0.3, -0.25) is 0 Å². The Labute approximate surface area is 108 Å². The van der Waals surface area contributed by atoms with Gasteiger partial charge in [0.25, 0.3) is 0 Å². The summed E-state index contributed by atoms with van der Waals surface area (Å²) in [5.41, 5.74) is 0. The second kappa shape index (κ2) is 19.0. The Bertz CT molecular complexity index is 70.0. The van der Waals surface area contributed by atoms with Crippen LogP contribution in [0, 0.1) is 0 Å². The molecule has 0 bridgehead atoms. The summed E-state index contributed by atoms with van der Waals surface area (Å²) in [6.45, 7) is 2.47. The molecule has 0 saturated carbocycles. The molecule has 0 heterocycles. The molecule has 0 saturated heterocycles. The normalized spacial score (nSPS) is 8.15. The fourth-order valence-corrected chi connectivity index (χ4v) is 0.888. The third-order valence-corrected chi connectivity index (χ3v) is 1.69. The van der Waals surface area contributed by atoms with Crippen molar-refractivity contribution >= 4 is 15.9 Å². The molecule has 0 spiro atoms. The first-order valence-electron chi connectivity index (χ1n) is 3.44. The summed E-state index contributed by atoms with van der Waals surface area (Å²) < 4.78 is 19.8. The molecule has 0 aliphatic rings. The van der Waals surface area contributed by atoms with E-state index < -0.39 is 0 Å². The molecule has 0 aliphatic heterocycles. The van der Waals surface area contributed by atoms with Gasteiger partial charge in [0.15, 0.2) is 0 Å². The van der Waals surface area contributed by atoms with Gasteiger partial charge in [-0.2, -0.15) is 0 Å². The van der Waals surface area contributed by atoms with Crippen LogP contribution in [-0.4, -0.2) is 62.0 Å². The molecule has 0 aromatic rings. The van der Waals surface area contributed by atoms with Crippen molar-refractivity contribution in [2.75, 3.05) is 40.6 Å². The van der Waals surface area contributed by atoms with Crippen molar-refractivity contribution in [1.82, 2.24) is 0 Å². The Hall–Kier alpha value is 1.33. The van der Waals surface area contributed by atoms with E-state index in [9.17, 15) is 0 Å². The Morgan fingerprint density at radius 1 is 0.846 bits per heavy atom. The van der Waals surface area contributed by atoms with Gasteiger partial charge in [0, 0.05) is 0 Å². The fraction of sp³-hybridized carbons (Fsp3) is 1.00. The predicted molar refractivity (Wildman–Crippen MR) is 43.3 cm³/mol. The van der Waals surface area contributed by atoms with Crippen molar-refractivity contribution in [3.63, 3.8) is 0 Å². The molecule has 13 heavy (non-hydrogen) atoms. The first-order valence-corrected chi connectivity index (χ1v) is 4.39. The molecular weight excluding hydrogens is 202 g/mol. The first kappa shape index (κ1) is 19.8. The molecule has 1 N–H and O–H groups in total. The third-order valence-electron chi connectivity index (χ3n) is 0.947. The minimum atomic E-state index is -0.349. The zero-order chi connectivity index (χ0) is 8.36. The molecule has 0 aromatic heterocycles. The summed E-state index contributed by atoms with van der Waals surface area (Å²) in [6.07, 6.45) is 0. The van der Waals surface area contributed by atoms with E-state index in [1.54, 1.807) is 14.2 Å². The Balaban J connectivity index is -0.000000500. The summed E-state index contributed by atoms with van der Waals surface area (Å²) in [5.74, 6) is 0. The van der Waals surface area contributed by atoms with Gasteiger partial charge < -0.3 is 5.48 Å². The van der Waals surface area contributed by atoms with Gasteiger partial charge in [-0.05, 0) is 0 Å². The van der Waals surface area contributed by atoms with E-state index in [0.29, 0.717) is 26.4 Å². The van der Waals surface area contributed by atoms with Crippen LogP contribution in [0.4, 0.5) is 0 Å². The van der Waals surface area contributed by atoms with Gasteiger partial charge in [-0.1, -0.05) is 0 Å².